The van der Waals surface area contributed by atoms with Gasteiger partial charge in [0.2, 0.25) is 0 Å². The molecule has 1 fully saturated rings. The SMILES string of the molecule is CCNC(=NCC(C)(C)OC)NCC1CCCS1.I. The van der Waals surface area contributed by atoms with Crippen molar-refractivity contribution in [2.24, 2.45) is 4.99 Å². The summed E-state index contributed by atoms with van der Waals surface area (Å²) < 4.78 is 5.38. The van der Waals surface area contributed by atoms with Crippen LogP contribution in [0, 0.1) is 0 Å². The Morgan fingerprint density at radius 2 is 2.16 bits per heavy atom. The van der Waals surface area contributed by atoms with Gasteiger partial charge in [-0.05, 0) is 39.4 Å². The van der Waals surface area contributed by atoms with Gasteiger partial charge in [-0.25, -0.2) is 0 Å². The molecule has 0 aliphatic carbocycles. The summed E-state index contributed by atoms with van der Waals surface area (Å²) in [7, 11) is 1.73. The molecule has 0 radical (unpaired) electrons. The van der Waals surface area contributed by atoms with Crippen LogP contribution in [0.3, 0.4) is 0 Å². The first-order valence-corrected chi connectivity index (χ1v) is 7.81. The highest BCUT2D eigenvalue weighted by molar-refractivity contribution is 14.0. The third kappa shape index (κ3) is 8.24. The number of methoxy groups -OCH3 is 1. The molecule has 0 amide bonds. The van der Waals surface area contributed by atoms with Crippen LogP contribution < -0.4 is 10.6 Å². The highest BCUT2D eigenvalue weighted by Crippen LogP contribution is 2.25. The van der Waals surface area contributed by atoms with E-state index in [0.29, 0.717) is 6.54 Å². The molecule has 0 aromatic carbocycles. The van der Waals surface area contributed by atoms with Crippen LogP contribution in [0.25, 0.3) is 0 Å². The van der Waals surface area contributed by atoms with E-state index in [1.807, 2.05) is 13.8 Å². The van der Waals surface area contributed by atoms with E-state index in [1.54, 1.807) is 7.11 Å². The summed E-state index contributed by atoms with van der Waals surface area (Å²) in [5, 5.41) is 7.44. The number of rotatable bonds is 6. The van der Waals surface area contributed by atoms with Crippen LogP contribution in [0.2, 0.25) is 0 Å². The van der Waals surface area contributed by atoms with Crippen molar-refractivity contribution >= 4 is 41.7 Å². The fourth-order valence-corrected chi connectivity index (χ4v) is 2.89. The van der Waals surface area contributed by atoms with Crippen LogP contribution in [0.15, 0.2) is 4.99 Å². The highest BCUT2D eigenvalue weighted by Gasteiger charge is 2.17. The first-order chi connectivity index (χ1) is 8.57. The second kappa shape index (κ2) is 10.1. The van der Waals surface area contributed by atoms with Gasteiger partial charge in [0.1, 0.15) is 0 Å². The molecule has 0 spiro atoms. The molecule has 2 N–H and O–H groups in total. The monoisotopic (exact) mass is 401 g/mol. The van der Waals surface area contributed by atoms with Crippen molar-refractivity contribution in [3.05, 3.63) is 0 Å². The molecule has 1 unspecified atom stereocenters. The Labute approximate surface area is 138 Å². The number of halogens is 1. The van der Waals surface area contributed by atoms with Gasteiger partial charge in [-0.2, -0.15) is 11.8 Å². The molecule has 0 aromatic rings. The Balaban J connectivity index is 0.00000324. The van der Waals surface area contributed by atoms with Crippen molar-refractivity contribution in [3.8, 4) is 0 Å². The van der Waals surface area contributed by atoms with Crippen LogP contribution >= 0.6 is 35.7 Å². The zero-order valence-corrected chi connectivity index (χ0v) is 15.6. The van der Waals surface area contributed by atoms with Crippen LogP contribution in [-0.2, 0) is 4.74 Å². The van der Waals surface area contributed by atoms with Gasteiger partial charge in [-0.3, -0.25) is 4.99 Å². The van der Waals surface area contributed by atoms with Crippen LogP contribution in [0.5, 0.6) is 0 Å². The number of ether oxygens (including phenoxy) is 1. The van der Waals surface area contributed by atoms with Gasteiger partial charge in [0.15, 0.2) is 5.96 Å². The Morgan fingerprint density at radius 1 is 1.42 bits per heavy atom. The molecule has 0 saturated carbocycles. The Kier molecular flexibility index (Phi) is 10.3. The van der Waals surface area contributed by atoms with Gasteiger partial charge in [0.25, 0.3) is 0 Å². The van der Waals surface area contributed by atoms with Crippen molar-refractivity contribution in [2.45, 2.75) is 44.5 Å². The Bertz CT molecular complexity index is 269. The first kappa shape index (κ1) is 19.3. The molecule has 1 aliphatic rings. The number of thioether (sulfide) groups is 1. The van der Waals surface area contributed by atoms with Gasteiger partial charge in [0.05, 0.1) is 12.1 Å². The fraction of sp³-hybridized carbons (Fsp3) is 0.923. The minimum Gasteiger partial charge on any atom is -0.377 e. The van der Waals surface area contributed by atoms with Crippen molar-refractivity contribution in [3.63, 3.8) is 0 Å². The second-order valence-electron chi connectivity index (χ2n) is 5.17. The molecule has 1 aliphatic heterocycles. The zero-order chi connectivity index (χ0) is 13.4. The van der Waals surface area contributed by atoms with Gasteiger partial charge in [0, 0.05) is 25.4 Å². The van der Waals surface area contributed by atoms with Crippen molar-refractivity contribution < 1.29 is 4.74 Å². The molecule has 0 aromatic heterocycles. The number of hydrogen-bond donors (Lipinski definition) is 2. The number of guanidine groups is 1. The predicted molar refractivity (Wildman–Crippen MR) is 96.0 cm³/mol. The molecule has 0 bridgehead atoms. The smallest absolute Gasteiger partial charge is 0.191 e. The van der Waals surface area contributed by atoms with E-state index in [9.17, 15) is 0 Å². The van der Waals surface area contributed by atoms with E-state index in [-0.39, 0.29) is 29.6 Å². The average molecular weight is 401 g/mol. The Hall–Kier alpha value is 0.310. The Morgan fingerprint density at radius 3 is 2.68 bits per heavy atom. The van der Waals surface area contributed by atoms with Gasteiger partial charge < -0.3 is 15.4 Å². The zero-order valence-electron chi connectivity index (χ0n) is 12.5. The lowest BCUT2D eigenvalue weighted by molar-refractivity contribution is 0.0310. The molecule has 1 rings (SSSR count). The van der Waals surface area contributed by atoms with Crippen LogP contribution in [0.1, 0.15) is 33.6 Å². The molecule has 19 heavy (non-hydrogen) atoms. The molecule has 1 heterocycles. The first-order valence-electron chi connectivity index (χ1n) is 6.76. The van der Waals surface area contributed by atoms with Gasteiger partial charge in [-0.1, -0.05) is 0 Å². The predicted octanol–water partition coefficient (Wildman–Crippen LogP) is 2.48. The lowest BCUT2D eigenvalue weighted by atomic mass is 10.1. The van der Waals surface area contributed by atoms with E-state index >= 15 is 0 Å². The van der Waals surface area contributed by atoms with Crippen molar-refractivity contribution in [1.29, 1.82) is 0 Å². The standard InChI is InChI=1S/C13H27N3OS.HI/c1-5-14-12(16-10-13(2,3)17-4)15-9-11-7-6-8-18-11;/h11H,5-10H2,1-4H3,(H2,14,15,16);1H. The van der Waals surface area contributed by atoms with E-state index in [2.05, 4.69) is 34.3 Å². The molecule has 6 heteroatoms. The molecule has 4 nitrogen and oxygen atoms in total. The number of aliphatic imine (C=N–C) groups is 1. The number of hydrogen-bond acceptors (Lipinski definition) is 3. The van der Waals surface area contributed by atoms with E-state index < -0.39 is 0 Å². The third-order valence-corrected chi connectivity index (χ3v) is 4.43. The number of nitrogens with one attached hydrogen (secondary N) is 2. The summed E-state index contributed by atoms with van der Waals surface area (Å²) in [5.41, 5.74) is -0.204. The maximum atomic E-state index is 5.38. The van der Waals surface area contributed by atoms with E-state index in [0.717, 1.165) is 24.3 Å². The molecule has 1 saturated heterocycles. The molecular weight excluding hydrogens is 373 g/mol. The summed E-state index contributed by atoms with van der Waals surface area (Å²) in [4.78, 5) is 4.58. The lowest BCUT2D eigenvalue weighted by Gasteiger charge is -2.21. The lowest BCUT2D eigenvalue weighted by Crippen LogP contribution is -2.41. The average Bonchev–Trinajstić information content (AvgIpc) is 2.86. The van der Waals surface area contributed by atoms with Crippen LogP contribution in [0.4, 0.5) is 0 Å². The quantitative estimate of drug-likeness (QED) is 0.408. The summed E-state index contributed by atoms with van der Waals surface area (Å²) in [6.07, 6.45) is 2.67. The summed E-state index contributed by atoms with van der Waals surface area (Å²) in [6, 6.07) is 0. The maximum Gasteiger partial charge on any atom is 0.191 e. The summed E-state index contributed by atoms with van der Waals surface area (Å²) in [6.45, 7) is 8.74. The molecular formula is C13H28IN3OS. The fourth-order valence-electron chi connectivity index (χ4n) is 1.69. The van der Waals surface area contributed by atoms with Crippen molar-refractivity contribution in [1.82, 2.24) is 10.6 Å². The van der Waals surface area contributed by atoms with Gasteiger partial charge >= 0.3 is 0 Å². The molecule has 1 atom stereocenters. The minimum absolute atomic E-state index is 0. The third-order valence-electron chi connectivity index (χ3n) is 3.04. The van der Waals surface area contributed by atoms with Crippen molar-refractivity contribution in [2.75, 3.05) is 32.5 Å². The summed E-state index contributed by atoms with van der Waals surface area (Å²) >= 11 is 2.06. The topological polar surface area (TPSA) is 45.7 Å². The summed E-state index contributed by atoms with van der Waals surface area (Å²) in [5.74, 6) is 2.20. The normalized spacial score (nSPS) is 20.0. The van der Waals surface area contributed by atoms with E-state index in [1.165, 1.54) is 18.6 Å². The largest absolute Gasteiger partial charge is 0.377 e. The van der Waals surface area contributed by atoms with Gasteiger partial charge in [-0.15, -0.1) is 24.0 Å². The highest BCUT2D eigenvalue weighted by atomic mass is 127. The molecule has 114 valence electrons. The van der Waals surface area contributed by atoms with Crippen LogP contribution in [-0.4, -0.2) is 49.3 Å². The second-order valence-corrected chi connectivity index (χ2v) is 6.58. The number of nitrogens with zero attached hydrogens (tertiary/aromatic N) is 1. The minimum atomic E-state index is -0.204. The van der Waals surface area contributed by atoms with E-state index in [4.69, 9.17) is 4.74 Å². The maximum absolute atomic E-state index is 5.38.